The van der Waals surface area contributed by atoms with Gasteiger partial charge >= 0.3 is 0 Å². The second kappa shape index (κ2) is 3.81. The van der Waals surface area contributed by atoms with Crippen molar-refractivity contribution < 1.29 is 13.9 Å². The summed E-state index contributed by atoms with van der Waals surface area (Å²) in [5, 5.41) is 9.90. The van der Waals surface area contributed by atoms with Crippen molar-refractivity contribution in [2.24, 2.45) is 11.3 Å². The number of rotatable bonds is 3. The Labute approximate surface area is 94.1 Å². The maximum Gasteiger partial charge on any atom is 0.162 e. The van der Waals surface area contributed by atoms with Gasteiger partial charge < -0.3 is 5.11 Å². The van der Waals surface area contributed by atoms with Crippen LogP contribution in [0.25, 0.3) is 0 Å². The van der Waals surface area contributed by atoms with Crippen LogP contribution < -0.4 is 0 Å². The number of halogens is 2. The van der Waals surface area contributed by atoms with Gasteiger partial charge in [-0.25, -0.2) is 8.78 Å². The zero-order chi connectivity index (χ0) is 11.9. The van der Waals surface area contributed by atoms with E-state index in [-0.39, 0.29) is 23.3 Å². The third-order valence-corrected chi connectivity index (χ3v) is 3.51. The Kier molecular flexibility index (Phi) is 2.74. The van der Waals surface area contributed by atoms with Crippen LogP contribution in [0.5, 0.6) is 0 Å². The molecule has 1 aromatic carbocycles. The Morgan fingerprint density at radius 2 is 2.06 bits per heavy atom. The van der Waals surface area contributed by atoms with Crippen molar-refractivity contribution in [3.8, 4) is 0 Å². The Hall–Kier alpha value is -0.960. The number of hydrogen-bond donors (Lipinski definition) is 1. The summed E-state index contributed by atoms with van der Waals surface area (Å²) in [5.41, 5.74) is 0.402. The molecular weight excluding hydrogens is 210 g/mol. The molecule has 1 aliphatic carbocycles. The predicted molar refractivity (Wildman–Crippen MR) is 58.0 cm³/mol. The summed E-state index contributed by atoms with van der Waals surface area (Å²) < 4.78 is 26.3. The molecule has 0 radical (unpaired) electrons. The van der Waals surface area contributed by atoms with E-state index in [1.807, 2.05) is 0 Å². The molecule has 88 valence electrons. The molecule has 0 aliphatic heterocycles. The topological polar surface area (TPSA) is 20.2 Å². The average molecular weight is 226 g/mol. The zero-order valence-corrected chi connectivity index (χ0v) is 9.50. The molecule has 0 heterocycles. The van der Waals surface area contributed by atoms with Crippen molar-refractivity contribution in [1.29, 1.82) is 0 Å². The summed E-state index contributed by atoms with van der Waals surface area (Å²) in [5.74, 6) is -1.48. The lowest BCUT2D eigenvalue weighted by atomic mass is 9.99. The summed E-state index contributed by atoms with van der Waals surface area (Å²) in [6.45, 7) is 4.14. The van der Waals surface area contributed by atoms with E-state index < -0.39 is 17.7 Å². The van der Waals surface area contributed by atoms with E-state index in [0.29, 0.717) is 0 Å². The normalized spacial score (nSPS) is 24.2. The molecule has 16 heavy (non-hydrogen) atoms. The molecule has 1 aliphatic rings. The summed E-state index contributed by atoms with van der Waals surface area (Å²) in [6.07, 6.45) is 0.564. The summed E-state index contributed by atoms with van der Waals surface area (Å²) in [4.78, 5) is 0. The van der Waals surface area contributed by atoms with Crippen molar-refractivity contribution in [3.63, 3.8) is 0 Å². The van der Waals surface area contributed by atoms with Gasteiger partial charge in [-0.3, -0.25) is 0 Å². The van der Waals surface area contributed by atoms with E-state index in [9.17, 15) is 13.9 Å². The van der Waals surface area contributed by atoms with Gasteiger partial charge in [0.25, 0.3) is 0 Å². The summed E-state index contributed by atoms with van der Waals surface area (Å²) >= 11 is 0. The quantitative estimate of drug-likeness (QED) is 0.840. The van der Waals surface area contributed by atoms with Crippen LogP contribution in [0.3, 0.4) is 0 Å². The van der Waals surface area contributed by atoms with Crippen molar-refractivity contribution >= 4 is 0 Å². The first-order chi connectivity index (χ1) is 7.42. The van der Waals surface area contributed by atoms with Crippen LogP contribution in [-0.4, -0.2) is 11.2 Å². The fourth-order valence-electron chi connectivity index (χ4n) is 2.24. The third kappa shape index (κ3) is 2.09. The van der Waals surface area contributed by atoms with Crippen LogP contribution in [0.1, 0.15) is 25.8 Å². The van der Waals surface area contributed by atoms with Crippen molar-refractivity contribution in [2.45, 2.75) is 32.8 Å². The highest BCUT2D eigenvalue weighted by Gasteiger charge is 2.49. The van der Waals surface area contributed by atoms with Crippen LogP contribution >= 0.6 is 0 Å². The lowest BCUT2D eigenvalue weighted by Crippen LogP contribution is -2.17. The van der Waals surface area contributed by atoms with Crippen LogP contribution in [-0.2, 0) is 6.42 Å². The Balaban J connectivity index is 2.07. The monoisotopic (exact) mass is 226 g/mol. The number of hydrogen-bond acceptors (Lipinski definition) is 1. The summed E-state index contributed by atoms with van der Waals surface area (Å²) in [7, 11) is 0. The van der Waals surface area contributed by atoms with E-state index >= 15 is 0 Å². The molecule has 0 spiro atoms. The minimum Gasteiger partial charge on any atom is -0.392 e. The van der Waals surface area contributed by atoms with Gasteiger partial charge in [0.15, 0.2) is 11.6 Å². The molecule has 0 aromatic heterocycles. The second-order valence-electron chi connectivity index (χ2n) is 5.28. The Morgan fingerprint density at radius 3 is 2.62 bits per heavy atom. The molecule has 2 rings (SSSR count). The van der Waals surface area contributed by atoms with Gasteiger partial charge in [0.1, 0.15) is 0 Å². The maximum absolute atomic E-state index is 13.4. The van der Waals surface area contributed by atoms with E-state index in [0.717, 1.165) is 12.5 Å². The van der Waals surface area contributed by atoms with Crippen LogP contribution in [0.2, 0.25) is 0 Å². The molecular formula is C13H16F2O. The molecule has 0 saturated heterocycles. The molecule has 0 amide bonds. The molecule has 2 unspecified atom stereocenters. The maximum atomic E-state index is 13.4. The van der Waals surface area contributed by atoms with Crippen LogP contribution in [0.4, 0.5) is 8.78 Å². The highest BCUT2D eigenvalue weighted by atomic mass is 19.2. The molecule has 1 N–H and O–H groups in total. The van der Waals surface area contributed by atoms with Gasteiger partial charge in [-0.1, -0.05) is 26.0 Å². The number of aliphatic hydroxyl groups is 1. The van der Waals surface area contributed by atoms with Crippen molar-refractivity contribution in [3.05, 3.63) is 35.4 Å². The molecule has 3 heteroatoms. The highest BCUT2D eigenvalue weighted by molar-refractivity contribution is 5.20. The first-order valence-corrected chi connectivity index (χ1v) is 5.53. The van der Waals surface area contributed by atoms with Crippen molar-refractivity contribution in [2.75, 3.05) is 0 Å². The van der Waals surface area contributed by atoms with Gasteiger partial charge in [-0.2, -0.15) is 0 Å². The van der Waals surface area contributed by atoms with Crippen LogP contribution in [0.15, 0.2) is 18.2 Å². The largest absolute Gasteiger partial charge is 0.392 e. The SMILES string of the molecule is CC1(C)CC1C(O)Cc1cccc(F)c1F. The standard InChI is InChI=1S/C13H16F2O/c1-13(2)7-9(13)11(16)6-8-4-3-5-10(14)12(8)15/h3-5,9,11,16H,6-7H2,1-2H3. The average Bonchev–Trinajstić information content (AvgIpc) is 2.83. The Morgan fingerprint density at radius 1 is 1.44 bits per heavy atom. The Bertz CT molecular complexity index is 401. The van der Waals surface area contributed by atoms with E-state index in [1.54, 1.807) is 0 Å². The van der Waals surface area contributed by atoms with Gasteiger partial charge in [0.2, 0.25) is 0 Å². The van der Waals surface area contributed by atoms with Gasteiger partial charge in [0.05, 0.1) is 6.10 Å². The molecule has 1 saturated carbocycles. The van der Waals surface area contributed by atoms with Gasteiger partial charge in [-0.15, -0.1) is 0 Å². The van der Waals surface area contributed by atoms with E-state index in [4.69, 9.17) is 0 Å². The fourth-order valence-corrected chi connectivity index (χ4v) is 2.24. The highest BCUT2D eigenvalue weighted by Crippen LogP contribution is 2.54. The molecule has 1 aromatic rings. The first-order valence-electron chi connectivity index (χ1n) is 5.53. The lowest BCUT2D eigenvalue weighted by molar-refractivity contribution is 0.135. The second-order valence-corrected chi connectivity index (χ2v) is 5.28. The van der Waals surface area contributed by atoms with Gasteiger partial charge in [-0.05, 0) is 29.4 Å². The lowest BCUT2D eigenvalue weighted by Gasteiger charge is -2.13. The summed E-state index contributed by atoms with van der Waals surface area (Å²) in [6, 6.07) is 4.09. The minimum absolute atomic E-state index is 0.142. The van der Waals surface area contributed by atoms with Crippen molar-refractivity contribution in [1.82, 2.24) is 0 Å². The first kappa shape index (κ1) is 11.5. The van der Waals surface area contributed by atoms with Gasteiger partial charge in [0, 0.05) is 6.42 Å². The predicted octanol–water partition coefficient (Wildman–Crippen LogP) is 2.91. The molecule has 2 atom stereocenters. The minimum atomic E-state index is -0.847. The van der Waals surface area contributed by atoms with E-state index in [1.165, 1.54) is 12.1 Å². The number of benzene rings is 1. The number of aliphatic hydroxyl groups excluding tert-OH is 1. The smallest absolute Gasteiger partial charge is 0.162 e. The fraction of sp³-hybridized carbons (Fsp3) is 0.538. The zero-order valence-electron chi connectivity index (χ0n) is 9.50. The third-order valence-electron chi connectivity index (χ3n) is 3.51. The molecule has 1 nitrogen and oxygen atoms in total. The molecule has 0 bridgehead atoms. The molecule has 1 fully saturated rings. The van der Waals surface area contributed by atoms with E-state index in [2.05, 4.69) is 13.8 Å². The van der Waals surface area contributed by atoms with Crippen LogP contribution in [0, 0.1) is 23.0 Å².